The number of benzene rings is 2. The molecule has 1 fully saturated rings. The van der Waals surface area contributed by atoms with Crippen molar-refractivity contribution in [3.8, 4) is 11.5 Å². The van der Waals surface area contributed by atoms with Gasteiger partial charge < -0.3 is 0 Å². The fourth-order valence-electron chi connectivity index (χ4n) is 3.88. The van der Waals surface area contributed by atoms with E-state index in [9.17, 15) is 0 Å². The van der Waals surface area contributed by atoms with Crippen LogP contribution in [0.15, 0.2) is 60.3 Å². The zero-order chi connectivity index (χ0) is 20.0. The van der Waals surface area contributed by atoms with Crippen LogP contribution in [0.25, 0.3) is 6.08 Å². The van der Waals surface area contributed by atoms with E-state index in [1.165, 1.54) is 48.0 Å². The molecule has 28 heavy (non-hydrogen) atoms. The Bertz CT molecular complexity index is 843. The summed E-state index contributed by atoms with van der Waals surface area (Å²) in [7, 11) is -3.27. The molecule has 2 aromatic rings. The molecule has 146 valence electrons. The second-order valence-electron chi connectivity index (χ2n) is 9.27. The van der Waals surface area contributed by atoms with E-state index in [1.807, 2.05) is 0 Å². The van der Waals surface area contributed by atoms with E-state index in [2.05, 4.69) is 104 Å². The smallest absolute Gasteiger partial charge is 0.126 e. The monoisotopic (exact) mass is 402 g/mol. The lowest BCUT2D eigenvalue weighted by molar-refractivity contribution is 0.430. The molecule has 2 aromatic carbocycles. The third-order valence-corrected chi connectivity index (χ3v) is 11.4. The molecule has 0 atom stereocenters. The Labute approximate surface area is 174 Å². The Morgan fingerprint density at radius 3 is 2.04 bits per heavy atom. The minimum absolute atomic E-state index is 0.647. The zero-order valence-electron chi connectivity index (χ0n) is 18.0. The van der Waals surface area contributed by atoms with Gasteiger partial charge in [0, 0.05) is 5.92 Å². The van der Waals surface area contributed by atoms with Crippen molar-refractivity contribution in [2.24, 2.45) is 5.92 Å². The number of hydrogen-bond acceptors (Lipinski definition) is 0. The first-order valence-corrected chi connectivity index (χ1v) is 16.8. The minimum atomic E-state index is -1.68. The van der Waals surface area contributed by atoms with Gasteiger partial charge in [0.25, 0.3) is 0 Å². The highest BCUT2D eigenvalue weighted by atomic mass is 28.3. The third-order valence-electron chi connectivity index (χ3n) is 6.04. The van der Waals surface area contributed by atoms with Crippen LogP contribution in [0, 0.1) is 17.4 Å². The van der Waals surface area contributed by atoms with Crippen molar-refractivity contribution in [2.45, 2.75) is 58.3 Å². The fourth-order valence-corrected chi connectivity index (χ4v) is 7.42. The Balaban J connectivity index is 1.72. The van der Waals surface area contributed by atoms with Crippen LogP contribution in [0.4, 0.5) is 0 Å². The summed E-state index contributed by atoms with van der Waals surface area (Å²) in [5.41, 5.74) is 7.47. The highest BCUT2D eigenvalue weighted by Gasteiger charge is 2.24. The van der Waals surface area contributed by atoms with Crippen LogP contribution in [-0.2, 0) is 0 Å². The van der Waals surface area contributed by atoms with Crippen molar-refractivity contribution in [3.63, 3.8) is 0 Å². The van der Waals surface area contributed by atoms with Crippen molar-refractivity contribution in [1.82, 2.24) is 0 Å². The largest absolute Gasteiger partial charge is 0.162 e. The van der Waals surface area contributed by atoms with Gasteiger partial charge in [-0.05, 0) is 23.6 Å². The molecule has 2 heteroatoms. The lowest BCUT2D eigenvalue weighted by atomic mass is 9.90. The summed E-state index contributed by atoms with van der Waals surface area (Å²) >= 11 is 0. The molecule has 3 rings (SSSR count). The molecule has 0 saturated heterocycles. The van der Waals surface area contributed by atoms with E-state index >= 15 is 0 Å². The molecule has 0 nitrogen and oxygen atoms in total. The summed E-state index contributed by atoms with van der Waals surface area (Å²) in [4.78, 5) is 0. The quantitative estimate of drug-likeness (QED) is 0.441. The molecule has 1 aliphatic carbocycles. The Morgan fingerprint density at radius 2 is 1.39 bits per heavy atom. The molecule has 0 N–H and O–H groups in total. The van der Waals surface area contributed by atoms with Crippen molar-refractivity contribution >= 4 is 32.6 Å². The summed E-state index contributed by atoms with van der Waals surface area (Å²) in [6.45, 7) is 9.64. The summed E-state index contributed by atoms with van der Waals surface area (Å²) < 4.78 is 0. The van der Waals surface area contributed by atoms with Gasteiger partial charge >= 0.3 is 0 Å². The molecule has 0 bridgehead atoms. The lowest BCUT2D eigenvalue weighted by Crippen LogP contribution is -2.44. The van der Waals surface area contributed by atoms with Crippen LogP contribution in [0.5, 0.6) is 0 Å². The summed E-state index contributed by atoms with van der Waals surface area (Å²) in [6.07, 6.45) is 9.04. The molecule has 0 spiro atoms. The first-order chi connectivity index (χ1) is 13.4. The fraction of sp³-hybridized carbons (Fsp3) is 0.385. The summed E-state index contributed by atoms with van der Waals surface area (Å²) in [5, 5.41) is 2.96. The van der Waals surface area contributed by atoms with E-state index in [0.29, 0.717) is 5.92 Å². The maximum absolute atomic E-state index is 3.74. The summed E-state index contributed by atoms with van der Waals surface area (Å²) in [6, 6.07) is 20.1. The molecule has 0 heterocycles. The predicted octanol–water partition coefficient (Wildman–Crippen LogP) is 5.89. The average molecular weight is 403 g/mol. The van der Waals surface area contributed by atoms with Crippen molar-refractivity contribution in [2.75, 3.05) is 0 Å². The van der Waals surface area contributed by atoms with Gasteiger partial charge in [0.15, 0.2) is 8.07 Å². The molecular weight excluding hydrogens is 368 g/mol. The van der Waals surface area contributed by atoms with Gasteiger partial charge in [0.2, 0.25) is 0 Å². The van der Waals surface area contributed by atoms with Gasteiger partial charge in [-0.25, -0.2) is 0 Å². The second kappa shape index (κ2) is 9.11. The van der Waals surface area contributed by atoms with E-state index in [-0.39, 0.29) is 0 Å². The van der Waals surface area contributed by atoms with E-state index < -0.39 is 16.1 Å². The van der Waals surface area contributed by atoms with Crippen LogP contribution in [-0.4, -0.2) is 16.1 Å². The molecule has 0 radical (unpaired) electrons. The Morgan fingerprint density at radius 1 is 0.786 bits per heavy atom. The molecule has 0 unspecified atom stereocenters. The molecule has 1 saturated carbocycles. The molecule has 1 aliphatic rings. The second-order valence-corrected chi connectivity index (χ2v) is 17.7. The first kappa shape index (κ1) is 20.9. The van der Waals surface area contributed by atoms with Crippen LogP contribution in [0.2, 0.25) is 26.2 Å². The van der Waals surface area contributed by atoms with Gasteiger partial charge in [-0.15, -0.1) is 11.5 Å². The maximum Gasteiger partial charge on any atom is 0.162 e. The lowest BCUT2D eigenvalue weighted by Gasteiger charge is -2.22. The highest BCUT2D eigenvalue weighted by molar-refractivity contribution is 6.97. The molecule has 0 aromatic heterocycles. The highest BCUT2D eigenvalue weighted by Crippen LogP contribution is 2.23. The summed E-state index contributed by atoms with van der Waals surface area (Å²) in [5.74, 6) is 4.30. The number of rotatable bonds is 4. The van der Waals surface area contributed by atoms with Crippen molar-refractivity contribution in [1.29, 1.82) is 0 Å². The average Bonchev–Trinajstić information content (AvgIpc) is 2.73. The first-order valence-electron chi connectivity index (χ1n) is 10.7. The maximum atomic E-state index is 3.74. The van der Waals surface area contributed by atoms with Gasteiger partial charge in [-0.3, -0.25) is 0 Å². The van der Waals surface area contributed by atoms with Crippen molar-refractivity contribution in [3.05, 3.63) is 65.9 Å². The van der Waals surface area contributed by atoms with E-state index in [0.717, 1.165) is 0 Å². The van der Waals surface area contributed by atoms with Crippen LogP contribution in [0.1, 0.15) is 37.7 Å². The Hall–Kier alpha value is -1.83. The normalized spacial score (nSPS) is 16.0. The molecule has 0 amide bonds. The van der Waals surface area contributed by atoms with Gasteiger partial charge in [0.1, 0.15) is 8.07 Å². The minimum Gasteiger partial charge on any atom is -0.126 e. The van der Waals surface area contributed by atoms with Gasteiger partial charge in [-0.2, -0.15) is 0 Å². The SMILES string of the molecule is C[Si](C)(C#CC1CCCCC1)c1ccc([Si](C)(C)/C=C/c2ccccc2)cc1. The zero-order valence-corrected chi connectivity index (χ0v) is 20.0. The van der Waals surface area contributed by atoms with E-state index in [4.69, 9.17) is 0 Å². The van der Waals surface area contributed by atoms with Crippen LogP contribution >= 0.6 is 0 Å². The van der Waals surface area contributed by atoms with Crippen LogP contribution < -0.4 is 10.4 Å². The standard InChI is InChI=1S/C26H34Si2/c1-27(2,21-19-23-11-7-5-8-12-23)25-15-17-26(18-16-25)28(3,4)22-20-24-13-9-6-10-14-24/h5,7-8,11-12,15-19,21,24H,6,9-10,13-14H2,1-4H3/b21-19+. The van der Waals surface area contributed by atoms with Crippen molar-refractivity contribution < 1.29 is 0 Å². The van der Waals surface area contributed by atoms with E-state index in [1.54, 1.807) is 0 Å². The van der Waals surface area contributed by atoms with Gasteiger partial charge in [0.05, 0.1) is 0 Å². The van der Waals surface area contributed by atoms with Gasteiger partial charge in [-0.1, -0.05) is 117 Å². The third kappa shape index (κ3) is 5.59. The molecular formula is C26H34Si2. The number of hydrogen-bond donors (Lipinski definition) is 0. The Kier molecular flexibility index (Phi) is 6.80. The predicted molar refractivity (Wildman–Crippen MR) is 131 cm³/mol. The van der Waals surface area contributed by atoms with Crippen LogP contribution in [0.3, 0.4) is 0 Å². The molecule has 0 aliphatic heterocycles. The topological polar surface area (TPSA) is 0 Å².